The number of carbonyl (C=O) groups excluding carboxylic acids is 1. The number of aryl methyl sites for hydroxylation is 1. The highest BCUT2D eigenvalue weighted by Crippen LogP contribution is 2.29. The third-order valence-electron chi connectivity index (χ3n) is 2.34. The molecule has 0 amide bonds. The Morgan fingerprint density at radius 3 is 2.92 bits per heavy atom. The zero-order valence-electron chi connectivity index (χ0n) is 7.16. The van der Waals surface area contributed by atoms with E-state index in [4.69, 9.17) is 0 Å². The number of carbonyl (C=O) groups is 1. The fraction of sp³-hybridized carbons (Fsp3) is 0.182. The summed E-state index contributed by atoms with van der Waals surface area (Å²) in [5.74, 6) is 0.261. The Morgan fingerprint density at radius 1 is 1.31 bits per heavy atom. The molecule has 0 heterocycles. The Morgan fingerprint density at radius 2 is 2.15 bits per heavy atom. The van der Waals surface area contributed by atoms with E-state index in [0.717, 1.165) is 35.8 Å². The molecular formula is C11H10O2. The Labute approximate surface area is 76.5 Å². The Balaban J connectivity index is 2.55. The molecule has 0 aromatic heterocycles. The summed E-state index contributed by atoms with van der Waals surface area (Å²) < 4.78 is 0. The van der Waals surface area contributed by atoms with Crippen molar-refractivity contribution in [2.24, 2.45) is 0 Å². The minimum absolute atomic E-state index is 0.261. The number of aromatic hydroxyl groups is 1. The maximum absolute atomic E-state index is 10.5. The van der Waals surface area contributed by atoms with Crippen molar-refractivity contribution in [2.75, 3.05) is 0 Å². The summed E-state index contributed by atoms with van der Waals surface area (Å²) in [5, 5.41) is 9.51. The first-order valence-electron chi connectivity index (χ1n) is 4.28. The SMILES string of the molecule is O=CC1=Cc2c(O)cccc2CC1. The summed E-state index contributed by atoms with van der Waals surface area (Å²) in [6, 6.07) is 5.45. The molecule has 2 nitrogen and oxygen atoms in total. The van der Waals surface area contributed by atoms with Crippen LogP contribution in [0.2, 0.25) is 0 Å². The van der Waals surface area contributed by atoms with Gasteiger partial charge in [0.25, 0.3) is 0 Å². The molecule has 1 N–H and O–H groups in total. The number of rotatable bonds is 1. The molecule has 1 aromatic carbocycles. The molecule has 0 fully saturated rings. The highest BCUT2D eigenvalue weighted by molar-refractivity contribution is 5.84. The van der Waals surface area contributed by atoms with Gasteiger partial charge >= 0.3 is 0 Å². The Hall–Kier alpha value is -1.57. The van der Waals surface area contributed by atoms with Crippen LogP contribution in [0.15, 0.2) is 23.8 Å². The molecule has 13 heavy (non-hydrogen) atoms. The van der Waals surface area contributed by atoms with E-state index in [1.54, 1.807) is 12.1 Å². The second-order valence-corrected chi connectivity index (χ2v) is 3.19. The van der Waals surface area contributed by atoms with Crippen molar-refractivity contribution < 1.29 is 9.90 Å². The van der Waals surface area contributed by atoms with Crippen molar-refractivity contribution in [3.8, 4) is 5.75 Å². The average Bonchev–Trinajstić information content (AvgIpc) is 2.18. The van der Waals surface area contributed by atoms with Crippen LogP contribution in [-0.4, -0.2) is 11.4 Å². The predicted molar refractivity (Wildman–Crippen MR) is 50.5 cm³/mol. The molecule has 0 saturated heterocycles. The molecular weight excluding hydrogens is 164 g/mol. The maximum Gasteiger partial charge on any atom is 0.146 e. The molecule has 0 radical (unpaired) electrons. The molecule has 0 saturated carbocycles. The first-order valence-corrected chi connectivity index (χ1v) is 4.28. The smallest absolute Gasteiger partial charge is 0.146 e. The van der Waals surface area contributed by atoms with Crippen LogP contribution in [0.5, 0.6) is 5.75 Å². The van der Waals surface area contributed by atoms with Crippen LogP contribution in [-0.2, 0) is 11.2 Å². The summed E-state index contributed by atoms with van der Waals surface area (Å²) in [6.07, 6.45) is 4.24. The second-order valence-electron chi connectivity index (χ2n) is 3.19. The molecule has 1 aliphatic carbocycles. The zero-order valence-corrected chi connectivity index (χ0v) is 7.16. The van der Waals surface area contributed by atoms with E-state index in [-0.39, 0.29) is 5.75 Å². The highest BCUT2D eigenvalue weighted by Gasteiger charge is 2.12. The second kappa shape index (κ2) is 3.05. The molecule has 66 valence electrons. The van der Waals surface area contributed by atoms with Crippen LogP contribution >= 0.6 is 0 Å². The van der Waals surface area contributed by atoms with Crippen LogP contribution in [0.25, 0.3) is 6.08 Å². The van der Waals surface area contributed by atoms with Crippen molar-refractivity contribution >= 4 is 12.4 Å². The summed E-state index contributed by atoms with van der Waals surface area (Å²) in [7, 11) is 0. The lowest BCUT2D eigenvalue weighted by Gasteiger charge is -2.13. The molecule has 0 unspecified atom stereocenters. The van der Waals surface area contributed by atoms with E-state index < -0.39 is 0 Å². The average molecular weight is 174 g/mol. The minimum atomic E-state index is 0.261. The van der Waals surface area contributed by atoms with Gasteiger partial charge in [0.2, 0.25) is 0 Å². The van der Waals surface area contributed by atoms with Gasteiger partial charge in [0.15, 0.2) is 0 Å². The number of phenolic OH excluding ortho intramolecular Hbond substituents is 1. The highest BCUT2D eigenvalue weighted by atomic mass is 16.3. The topological polar surface area (TPSA) is 37.3 Å². The molecule has 2 heteroatoms. The van der Waals surface area contributed by atoms with Gasteiger partial charge in [-0.25, -0.2) is 0 Å². The molecule has 0 aliphatic heterocycles. The number of fused-ring (bicyclic) bond motifs is 1. The standard InChI is InChI=1S/C11H10O2/c12-7-8-4-5-9-2-1-3-11(13)10(9)6-8/h1-3,6-7,13H,4-5H2. The zero-order chi connectivity index (χ0) is 9.26. The van der Waals surface area contributed by atoms with Crippen molar-refractivity contribution in [1.82, 2.24) is 0 Å². The van der Waals surface area contributed by atoms with Crippen LogP contribution in [0.4, 0.5) is 0 Å². The normalized spacial score (nSPS) is 14.6. The summed E-state index contributed by atoms with van der Waals surface area (Å²) in [6.45, 7) is 0. The van der Waals surface area contributed by atoms with Crippen molar-refractivity contribution in [1.29, 1.82) is 0 Å². The van der Waals surface area contributed by atoms with Gasteiger partial charge in [-0.15, -0.1) is 0 Å². The summed E-state index contributed by atoms with van der Waals surface area (Å²) in [4.78, 5) is 10.5. The fourth-order valence-corrected chi connectivity index (χ4v) is 1.61. The monoisotopic (exact) mass is 174 g/mol. The molecule has 0 spiro atoms. The van der Waals surface area contributed by atoms with E-state index in [9.17, 15) is 9.90 Å². The minimum Gasteiger partial charge on any atom is -0.507 e. The van der Waals surface area contributed by atoms with E-state index >= 15 is 0 Å². The Kier molecular flexibility index (Phi) is 1.89. The molecule has 0 atom stereocenters. The predicted octanol–water partition coefficient (Wildman–Crippen LogP) is 1.92. The molecule has 1 aromatic rings. The fourth-order valence-electron chi connectivity index (χ4n) is 1.61. The molecule has 1 aliphatic rings. The summed E-state index contributed by atoms with van der Waals surface area (Å²) >= 11 is 0. The third kappa shape index (κ3) is 1.35. The molecule has 0 bridgehead atoms. The van der Waals surface area contributed by atoms with Gasteiger partial charge in [-0.05, 0) is 36.1 Å². The summed E-state index contributed by atoms with van der Waals surface area (Å²) in [5.41, 5.74) is 2.68. The van der Waals surface area contributed by atoms with E-state index in [1.165, 1.54) is 0 Å². The lowest BCUT2D eigenvalue weighted by molar-refractivity contribution is -0.105. The number of hydrogen-bond donors (Lipinski definition) is 1. The van der Waals surface area contributed by atoms with Crippen molar-refractivity contribution in [2.45, 2.75) is 12.8 Å². The van der Waals surface area contributed by atoms with E-state index in [0.29, 0.717) is 0 Å². The lowest BCUT2D eigenvalue weighted by Crippen LogP contribution is -1.99. The van der Waals surface area contributed by atoms with Crippen molar-refractivity contribution in [3.63, 3.8) is 0 Å². The van der Waals surface area contributed by atoms with Crippen LogP contribution in [0.1, 0.15) is 17.5 Å². The number of aldehydes is 1. The van der Waals surface area contributed by atoms with Gasteiger partial charge in [0.05, 0.1) is 0 Å². The molecule has 2 rings (SSSR count). The largest absolute Gasteiger partial charge is 0.507 e. The number of hydrogen-bond acceptors (Lipinski definition) is 2. The number of benzene rings is 1. The first kappa shape index (κ1) is 8.05. The van der Waals surface area contributed by atoms with Gasteiger partial charge in [-0.2, -0.15) is 0 Å². The van der Waals surface area contributed by atoms with Crippen molar-refractivity contribution in [3.05, 3.63) is 34.9 Å². The number of allylic oxidation sites excluding steroid dienone is 1. The quantitative estimate of drug-likeness (QED) is 0.660. The number of phenols is 1. The van der Waals surface area contributed by atoms with Crippen LogP contribution in [0.3, 0.4) is 0 Å². The van der Waals surface area contributed by atoms with Crippen LogP contribution < -0.4 is 0 Å². The lowest BCUT2D eigenvalue weighted by atomic mass is 9.92. The van der Waals surface area contributed by atoms with Gasteiger partial charge in [-0.3, -0.25) is 4.79 Å². The van der Waals surface area contributed by atoms with Gasteiger partial charge < -0.3 is 5.11 Å². The van der Waals surface area contributed by atoms with E-state index in [1.807, 2.05) is 12.1 Å². The van der Waals surface area contributed by atoms with Gasteiger partial charge in [-0.1, -0.05) is 12.1 Å². The third-order valence-corrected chi connectivity index (χ3v) is 2.34. The first-order chi connectivity index (χ1) is 6.31. The van der Waals surface area contributed by atoms with E-state index in [2.05, 4.69) is 0 Å². The van der Waals surface area contributed by atoms with Gasteiger partial charge in [0, 0.05) is 5.56 Å². The van der Waals surface area contributed by atoms with Gasteiger partial charge in [0.1, 0.15) is 12.0 Å². The maximum atomic E-state index is 10.5. The Bertz CT molecular complexity index is 378. The van der Waals surface area contributed by atoms with Crippen LogP contribution in [0, 0.1) is 0 Å².